The van der Waals surface area contributed by atoms with Gasteiger partial charge in [-0.2, -0.15) is 5.26 Å². The summed E-state index contributed by atoms with van der Waals surface area (Å²) in [6.07, 6.45) is 5.58. The van der Waals surface area contributed by atoms with E-state index in [9.17, 15) is 9.59 Å². The van der Waals surface area contributed by atoms with Crippen LogP contribution in [0.1, 0.15) is 32.1 Å². The maximum Gasteiger partial charge on any atom is 0.286 e. The van der Waals surface area contributed by atoms with Crippen molar-refractivity contribution in [2.75, 3.05) is 20.2 Å². The second-order valence-electron chi connectivity index (χ2n) is 3.52. The average molecular weight is 226 g/mol. The largest absolute Gasteiger partial charge is 0.428 e. The zero-order valence-electron chi connectivity index (χ0n) is 9.65. The molecule has 0 heterocycles. The Morgan fingerprint density at radius 1 is 1.44 bits per heavy atom. The third-order valence-corrected chi connectivity index (χ3v) is 2.21. The van der Waals surface area contributed by atoms with Crippen molar-refractivity contribution in [3.8, 4) is 6.26 Å². The minimum Gasteiger partial charge on any atom is -0.428 e. The number of nitriles is 1. The Hall–Kier alpha value is -1.57. The molecule has 0 unspecified atom stereocenters. The fraction of sp³-hybridized carbons (Fsp3) is 0.727. The number of carbonyl (C=O) groups is 2. The van der Waals surface area contributed by atoms with Crippen molar-refractivity contribution in [3.05, 3.63) is 0 Å². The summed E-state index contributed by atoms with van der Waals surface area (Å²) < 4.78 is 4.53. The lowest BCUT2D eigenvalue weighted by atomic mass is 10.2. The third-order valence-electron chi connectivity index (χ3n) is 2.21. The van der Waals surface area contributed by atoms with Gasteiger partial charge in [-0.3, -0.25) is 4.79 Å². The van der Waals surface area contributed by atoms with E-state index >= 15 is 0 Å². The van der Waals surface area contributed by atoms with E-state index in [4.69, 9.17) is 5.26 Å². The topological polar surface area (TPSA) is 70.4 Å². The fourth-order valence-electron chi connectivity index (χ4n) is 1.24. The maximum atomic E-state index is 11.4. The summed E-state index contributed by atoms with van der Waals surface area (Å²) in [6.45, 7) is 1.13. The van der Waals surface area contributed by atoms with Gasteiger partial charge in [0.05, 0.1) is 0 Å². The normalized spacial score (nSPS) is 9.25. The molecule has 1 amide bonds. The fourth-order valence-corrected chi connectivity index (χ4v) is 1.24. The van der Waals surface area contributed by atoms with Gasteiger partial charge in [0.25, 0.3) is 6.26 Å². The molecule has 0 N–H and O–H groups in total. The van der Waals surface area contributed by atoms with Crippen LogP contribution in [0.3, 0.4) is 0 Å². The Morgan fingerprint density at radius 2 is 2.19 bits per heavy atom. The quantitative estimate of drug-likeness (QED) is 0.335. The van der Waals surface area contributed by atoms with Crippen molar-refractivity contribution in [1.29, 1.82) is 5.26 Å². The van der Waals surface area contributed by atoms with Crippen molar-refractivity contribution >= 4 is 12.2 Å². The van der Waals surface area contributed by atoms with Crippen LogP contribution in [0, 0.1) is 11.5 Å². The summed E-state index contributed by atoms with van der Waals surface area (Å²) in [5.74, 6) is 0.000347. The Kier molecular flexibility index (Phi) is 8.99. The van der Waals surface area contributed by atoms with E-state index in [0.717, 1.165) is 25.5 Å². The maximum absolute atomic E-state index is 11.4. The highest BCUT2D eigenvalue weighted by Crippen LogP contribution is 2.00. The molecule has 5 nitrogen and oxygen atoms in total. The smallest absolute Gasteiger partial charge is 0.286 e. The molecule has 0 fully saturated rings. The summed E-state index contributed by atoms with van der Waals surface area (Å²) in [4.78, 5) is 23.1. The van der Waals surface area contributed by atoms with Gasteiger partial charge in [0.2, 0.25) is 5.91 Å². The molecule has 16 heavy (non-hydrogen) atoms. The summed E-state index contributed by atoms with van der Waals surface area (Å²) in [6, 6.07) is 0. The highest BCUT2D eigenvalue weighted by atomic mass is 16.5. The van der Waals surface area contributed by atoms with Gasteiger partial charge in [-0.05, 0) is 19.3 Å². The molecule has 0 saturated heterocycles. The number of hydrogen-bond donors (Lipinski definition) is 0. The Balaban J connectivity index is 3.42. The van der Waals surface area contributed by atoms with Crippen LogP contribution < -0.4 is 0 Å². The second-order valence-corrected chi connectivity index (χ2v) is 3.52. The average Bonchev–Trinajstić information content (AvgIpc) is 2.30. The van der Waals surface area contributed by atoms with E-state index in [1.807, 2.05) is 0 Å². The summed E-state index contributed by atoms with van der Waals surface area (Å²) in [5, 5.41) is 8.11. The number of carbonyl (C=O) groups excluding carboxylic acids is 2. The zero-order chi connectivity index (χ0) is 12.2. The zero-order valence-corrected chi connectivity index (χ0v) is 9.65. The van der Waals surface area contributed by atoms with Crippen molar-refractivity contribution in [1.82, 2.24) is 4.90 Å². The molecule has 90 valence electrons. The van der Waals surface area contributed by atoms with Gasteiger partial charge in [0, 0.05) is 26.4 Å². The highest BCUT2D eigenvalue weighted by molar-refractivity contribution is 5.77. The second kappa shape index (κ2) is 9.97. The number of hydrogen-bond acceptors (Lipinski definition) is 4. The van der Waals surface area contributed by atoms with Crippen molar-refractivity contribution in [2.24, 2.45) is 0 Å². The minimum absolute atomic E-state index is 0.000347. The number of amides is 1. The van der Waals surface area contributed by atoms with Gasteiger partial charge in [-0.1, -0.05) is 0 Å². The lowest BCUT2D eigenvalue weighted by Crippen LogP contribution is -2.27. The van der Waals surface area contributed by atoms with Crippen molar-refractivity contribution in [2.45, 2.75) is 32.1 Å². The predicted molar refractivity (Wildman–Crippen MR) is 58.4 cm³/mol. The van der Waals surface area contributed by atoms with Gasteiger partial charge in [0.15, 0.2) is 0 Å². The van der Waals surface area contributed by atoms with Crippen LogP contribution in [0.4, 0.5) is 0 Å². The number of nitrogens with zero attached hydrogens (tertiary/aromatic N) is 2. The molecule has 0 bridgehead atoms. The molecule has 0 atom stereocenters. The van der Waals surface area contributed by atoms with Gasteiger partial charge in [0.1, 0.15) is 12.9 Å². The monoisotopic (exact) mass is 226 g/mol. The molecule has 0 aromatic heterocycles. The molecule has 0 aliphatic rings. The highest BCUT2D eigenvalue weighted by Gasteiger charge is 2.06. The van der Waals surface area contributed by atoms with E-state index in [-0.39, 0.29) is 12.3 Å². The predicted octanol–water partition coefficient (Wildman–Crippen LogP) is 1.09. The molecular formula is C11H18N2O3. The third kappa shape index (κ3) is 7.80. The molecule has 0 aliphatic heterocycles. The number of aldehydes is 1. The number of rotatable bonds is 9. The van der Waals surface area contributed by atoms with Crippen molar-refractivity contribution < 1.29 is 14.3 Å². The molecule has 0 aromatic rings. The molecule has 0 saturated carbocycles. The molecule has 0 spiro atoms. The lowest BCUT2D eigenvalue weighted by molar-refractivity contribution is -0.130. The summed E-state index contributed by atoms with van der Waals surface area (Å²) >= 11 is 0. The van der Waals surface area contributed by atoms with Crippen LogP contribution >= 0.6 is 0 Å². The molecular weight excluding hydrogens is 208 g/mol. The lowest BCUT2D eigenvalue weighted by Gasteiger charge is -2.16. The molecule has 5 heteroatoms. The van der Waals surface area contributed by atoms with Crippen LogP contribution in [-0.2, 0) is 14.3 Å². The van der Waals surface area contributed by atoms with Gasteiger partial charge in [-0.25, -0.2) is 0 Å². The minimum atomic E-state index is 0.000347. The van der Waals surface area contributed by atoms with Gasteiger partial charge < -0.3 is 14.4 Å². The van der Waals surface area contributed by atoms with Gasteiger partial charge >= 0.3 is 0 Å². The summed E-state index contributed by atoms with van der Waals surface area (Å²) in [7, 11) is 1.74. The van der Waals surface area contributed by atoms with E-state index in [2.05, 4.69) is 4.74 Å². The Labute approximate surface area is 96.0 Å². The van der Waals surface area contributed by atoms with Crippen LogP contribution in [0.5, 0.6) is 0 Å². The van der Waals surface area contributed by atoms with Crippen molar-refractivity contribution in [3.63, 3.8) is 0 Å². The first kappa shape index (κ1) is 14.4. The standard InChI is InChI=1S/C11H18N2O3/c1-13(11(15)6-5-8-14)7-3-2-4-9-16-10-12/h8H,2-7,9H2,1H3. The first-order chi connectivity index (χ1) is 7.72. The van der Waals surface area contributed by atoms with Crippen LogP contribution in [-0.4, -0.2) is 37.3 Å². The van der Waals surface area contributed by atoms with Crippen LogP contribution in [0.25, 0.3) is 0 Å². The van der Waals surface area contributed by atoms with E-state index < -0.39 is 0 Å². The van der Waals surface area contributed by atoms with E-state index in [1.54, 1.807) is 18.2 Å². The van der Waals surface area contributed by atoms with E-state index in [1.165, 1.54) is 0 Å². The first-order valence-corrected chi connectivity index (χ1v) is 5.41. The van der Waals surface area contributed by atoms with Crippen LogP contribution in [0.2, 0.25) is 0 Å². The van der Waals surface area contributed by atoms with Crippen LogP contribution in [0.15, 0.2) is 0 Å². The molecule has 0 radical (unpaired) electrons. The molecule has 0 aliphatic carbocycles. The SMILES string of the molecule is CN(CCCCCOC#N)C(=O)CCC=O. The number of ether oxygens (including phenoxy) is 1. The Morgan fingerprint density at radius 3 is 2.81 bits per heavy atom. The molecule has 0 aromatic carbocycles. The molecule has 0 rings (SSSR count). The van der Waals surface area contributed by atoms with E-state index in [0.29, 0.717) is 19.6 Å². The Bertz CT molecular complexity index is 248. The van der Waals surface area contributed by atoms with Gasteiger partial charge in [-0.15, -0.1) is 0 Å². The number of unbranched alkanes of at least 4 members (excludes halogenated alkanes) is 2. The first-order valence-electron chi connectivity index (χ1n) is 5.41. The summed E-state index contributed by atoms with van der Waals surface area (Å²) in [5.41, 5.74) is 0.